The first kappa shape index (κ1) is 27.2. The van der Waals surface area contributed by atoms with Gasteiger partial charge < -0.3 is 19.5 Å². The molecule has 4 aromatic rings. The fourth-order valence-corrected chi connectivity index (χ4v) is 4.70. The quantitative estimate of drug-likeness (QED) is 0.171. The minimum atomic E-state index is -0.666. The van der Waals surface area contributed by atoms with Gasteiger partial charge in [0.05, 0.1) is 25.6 Å². The number of carbonyl (C=O) groups is 2. The minimum absolute atomic E-state index is 0.433. The number of carbonyl (C=O) groups excluding carboxylic acids is 2. The highest BCUT2D eigenvalue weighted by Crippen LogP contribution is 2.34. The first-order valence-electron chi connectivity index (χ1n) is 11.3. The van der Waals surface area contributed by atoms with Gasteiger partial charge in [-0.05, 0) is 70.5 Å². The lowest BCUT2D eigenvalue weighted by molar-refractivity contribution is -0.142. The Morgan fingerprint density at radius 2 is 1.74 bits per heavy atom. The third kappa shape index (κ3) is 6.70. The molecule has 1 aromatic heterocycles. The molecule has 0 aliphatic heterocycles. The second-order valence-corrected chi connectivity index (χ2v) is 9.67. The third-order valence-corrected chi connectivity index (χ3v) is 6.52. The smallest absolute Gasteiger partial charge is 0.331 e. The molecule has 0 saturated heterocycles. The van der Waals surface area contributed by atoms with E-state index in [1.807, 2.05) is 48.7 Å². The van der Waals surface area contributed by atoms with Crippen molar-refractivity contribution in [3.8, 4) is 28.4 Å². The van der Waals surface area contributed by atoms with E-state index in [0.717, 1.165) is 15.7 Å². The first-order valence-corrected chi connectivity index (χ1v) is 12.9. The standard InChI is InChI=1S/C28H23Br2N3O5/c1-36-24-12-8-18(14-25(24)37-2)28-19(16-33(32-28)21-6-4-3-5-7-21)9-13-27(35)38-17-26(34)31-23-11-10-20(29)15-22(23)30/h3-16H,17H2,1-2H3,(H,31,34). The molecule has 1 amide bonds. The Labute approximate surface area is 236 Å². The van der Waals surface area contributed by atoms with Gasteiger partial charge in [-0.25, -0.2) is 9.48 Å². The maximum atomic E-state index is 12.4. The molecule has 3 aromatic carbocycles. The summed E-state index contributed by atoms with van der Waals surface area (Å²) in [6.45, 7) is -0.433. The lowest BCUT2D eigenvalue weighted by Crippen LogP contribution is -2.20. The fourth-order valence-electron chi connectivity index (χ4n) is 3.55. The summed E-state index contributed by atoms with van der Waals surface area (Å²) in [5.74, 6) is 0.0170. The number of anilines is 1. The molecule has 0 saturated carbocycles. The number of amides is 1. The van der Waals surface area contributed by atoms with Crippen LogP contribution in [0.25, 0.3) is 23.0 Å². The van der Waals surface area contributed by atoms with E-state index in [2.05, 4.69) is 37.2 Å². The van der Waals surface area contributed by atoms with E-state index < -0.39 is 18.5 Å². The topological polar surface area (TPSA) is 91.7 Å². The van der Waals surface area contributed by atoms with Crippen LogP contribution >= 0.6 is 31.9 Å². The number of hydrogen-bond acceptors (Lipinski definition) is 6. The molecule has 0 radical (unpaired) electrons. The van der Waals surface area contributed by atoms with E-state index in [1.165, 1.54) is 6.08 Å². The van der Waals surface area contributed by atoms with Crippen LogP contribution < -0.4 is 14.8 Å². The molecule has 0 spiro atoms. The summed E-state index contributed by atoms with van der Waals surface area (Å²) in [6, 6.07) is 20.4. The first-order chi connectivity index (χ1) is 18.4. The lowest BCUT2D eigenvalue weighted by atomic mass is 10.1. The predicted octanol–water partition coefficient (Wildman–Crippen LogP) is 6.28. The van der Waals surface area contributed by atoms with E-state index in [1.54, 1.807) is 49.2 Å². The van der Waals surface area contributed by atoms with Gasteiger partial charge in [0.15, 0.2) is 18.1 Å². The van der Waals surface area contributed by atoms with Crippen LogP contribution in [0, 0.1) is 0 Å². The summed E-state index contributed by atoms with van der Waals surface area (Å²) < 4.78 is 19.2. The van der Waals surface area contributed by atoms with Crippen LogP contribution in [0.2, 0.25) is 0 Å². The molecular formula is C28H23Br2N3O5. The molecule has 194 valence electrons. The zero-order valence-electron chi connectivity index (χ0n) is 20.5. The number of hydrogen-bond donors (Lipinski definition) is 1. The molecule has 1 heterocycles. The number of ether oxygens (including phenoxy) is 3. The number of nitrogens with zero attached hydrogens (tertiary/aromatic N) is 2. The van der Waals surface area contributed by atoms with Gasteiger partial charge in [0.25, 0.3) is 5.91 Å². The van der Waals surface area contributed by atoms with Gasteiger partial charge in [0.2, 0.25) is 0 Å². The van der Waals surface area contributed by atoms with Gasteiger partial charge >= 0.3 is 5.97 Å². The molecule has 0 atom stereocenters. The van der Waals surface area contributed by atoms with Crippen LogP contribution in [0.4, 0.5) is 5.69 Å². The number of benzene rings is 3. The van der Waals surface area contributed by atoms with Gasteiger partial charge in [-0.1, -0.05) is 34.1 Å². The zero-order chi connectivity index (χ0) is 27.1. The van der Waals surface area contributed by atoms with Crippen molar-refractivity contribution in [2.24, 2.45) is 0 Å². The van der Waals surface area contributed by atoms with Gasteiger partial charge in [-0.15, -0.1) is 0 Å². The molecule has 0 fully saturated rings. The molecule has 10 heteroatoms. The van der Waals surface area contributed by atoms with Crippen LogP contribution in [0.15, 0.2) is 87.9 Å². The number of aromatic nitrogens is 2. The van der Waals surface area contributed by atoms with Crippen molar-refractivity contribution in [2.75, 3.05) is 26.1 Å². The molecule has 8 nitrogen and oxygen atoms in total. The Morgan fingerprint density at radius 3 is 2.45 bits per heavy atom. The van der Waals surface area contributed by atoms with Crippen LogP contribution in [-0.2, 0) is 14.3 Å². The number of halogens is 2. The summed E-state index contributed by atoms with van der Waals surface area (Å²) in [7, 11) is 3.13. The van der Waals surface area contributed by atoms with Crippen molar-refractivity contribution in [2.45, 2.75) is 0 Å². The monoisotopic (exact) mass is 639 g/mol. The normalized spacial score (nSPS) is 10.8. The highest BCUT2D eigenvalue weighted by Gasteiger charge is 2.15. The van der Waals surface area contributed by atoms with Crippen molar-refractivity contribution in [1.29, 1.82) is 0 Å². The van der Waals surface area contributed by atoms with Crippen LogP contribution in [-0.4, -0.2) is 42.5 Å². The highest BCUT2D eigenvalue weighted by atomic mass is 79.9. The predicted molar refractivity (Wildman–Crippen MR) is 153 cm³/mol. The average molecular weight is 641 g/mol. The van der Waals surface area contributed by atoms with Crippen LogP contribution in [0.3, 0.4) is 0 Å². The van der Waals surface area contributed by atoms with Gasteiger partial charge in [-0.3, -0.25) is 4.79 Å². The third-order valence-electron chi connectivity index (χ3n) is 5.37. The summed E-state index contributed by atoms with van der Waals surface area (Å²) in [4.78, 5) is 24.7. The molecule has 1 N–H and O–H groups in total. The Bertz CT molecular complexity index is 1490. The number of para-hydroxylation sites is 1. The molecular weight excluding hydrogens is 618 g/mol. The molecule has 38 heavy (non-hydrogen) atoms. The van der Waals surface area contributed by atoms with E-state index in [9.17, 15) is 9.59 Å². The Hall–Kier alpha value is -3.89. The van der Waals surface area contributed by atoms with Crippen molar-refractivity contribution >= 4 is 55.5 Å². The second-order valence-electron chi connectivity index (χ2n) is 7.90. The molecule has 4 rings (SSSR count). The van der Waals surface area contributed by atoms with Crippen LogP contribution in [0.5, 0.6) is 11.5 Å². The van der Waals surface area contributed by atoms with E-state index >= 15 is 0 Å². The fraction of sp³-hybridized carbons (Fsp3) is 0.107. The average Bonchev–Trinajstić information content (AvgIpc) is 3.36. The van der Waals surface area contributed by atoms with Gasteiger partial charge in [0.1, 0.15) is 5.69 Å². The van der Waals surface area contributed by atoms with Crippen molar-refractivity contribution < 1.29 is 23.8 Å². The number of nitrogens with one attached hydrogen (secondary N) is 1. The molecule has 0 bridgehead atoms. The van der Waals surface area contributed by atoms with Gasteiger partial charge in [-0.2, -0.15) is 5.10 Å². The Balaban J connectivity index is 1.52. The van der Waals surface area contributed by atoms with Crippen LogP contribution in [0.1, 0.15) is 5.56 Å². The molecule has 0 aliphatic rings. The number of methoxy groups -OCH3 is 2. The molecule has 0 aliphatic carbocycles. The maximum Gasteiger partial charge on any atom is 0.331 e. The summed E-state index contributed by atoms with van der Waals surface area (Å²) in [6.07, 6.45) is 4.67. The summed E-state index contributed by atoms with van der Waals surface area (Å²) >= 11 is 6.74. The SMILES string of the molecule is COc1ccc(-c2nn(-c3ccccc3)cc2C=CC(=O)OCC(=O)Nc2ccc(Br)cc2Br)cc1OC. The largest absolute Gasteiger partial charge is 0.493 e. The second kappa shape index (κ2) is 12.6. The summed E-state index contributed by atoms with van der Waals surface area (Å²) in [5.41, 5.74) is 3.48. The van der Waals surface area contributed by atoms with E-state index in [0.29, 0.717) is 32.9 Å². The van der Waals surface area contributed by atoms with Crippen molar-refractivity contribution in [1.82, 2.24) is 9.78 Å². The van der Waals surface area contributed by atoms with Crippen molar-refractivity contribution in [3.63, 3.8) is 0 Å². The molecule has 0 unspecified atom stereocenters. The van der Waals surface area contributed by atoms with E-state index in [4.69, 9.17) is 19.3 Å². The number of rotatable bonds is 9. The van der Waals surface area contributed by atoms with Crippen molar-refractivity contribution in [3.05, 3.63) is 93.5 Å². The zero-order valence-corrected chi connectivity index (χ0v) is 23.7. The van der Waals surface area contributed by atoms with Gasteiger partial charge in [0, 0.05) is 32.3 Å². The summed E-state index contributed by atoms with van der Waals surface area (Å²) in [5, 5.41) is 7.44. The lowest BCUT2D eigenvalue weighted by Gasteiger charge is -2.09. The number of esters is 1. The minimum Gasteiger partial charge on any atom is -0.493 e. The maximum absolute atomic E-state index is 12.4. The Morgan fingerprint density at radius 1 is 0.974 bits per heavy atom. The highest BCUT2D eigenvalue weighted by molar-refractivity contribution is 9.11. The Kier molecular flexibility index (Phi) is 8.98. The van der Waals surface area contributed by atoms with E-state index in [-0.39, 0.29) is 0 Å².